The summed E-state index contributed by atoms with van der Waals surface area (Å²) < 4.78 is 6.45. The van der Waals surface area contributed by atoms with Crippen molar-refractivity contribution in [3.05, 3.63) is 176 Å². The molecule has 0 aliphatic carbocycles. The molecule has 49 heavy (non-hydrogen) atoms. The number of rotatable bonds is 6. The van der Waals surface area contributed by atoms with Gasteiger partial charge in [-0.25, -0.2) is 15.0 Å². The summed E-state index contributed by atoms with van der Waals surface area (Å²) in [7, 11) is 0. The quantitative estimate of drug-likeness (QED) is 0.184. The van der Waals surface area contributed by atoms with Crippen molar-refractivity contribution in [3.8, 4) is 67.5 Å². The second kappa shape index (κ2) is 12.2. The van der Waals surface area contributed by atoms with E-state index in [0.717, 1.165) is 49.8 Å². The van der Waals surface area contributed by atoms with Crippen molar-refractivity contribution in [1.82, 2.24) is 15.0 Å². The van der Waals surface area contributed by atoms with Crippen molar-refractivity contribution in [2.24, 2.45) is 0 Å². The number of fused-ring (bicyclic) bond motifs is 3. The largest absolute Gasteiger partial charge is 0.456 e. The number of nitrogens with zero attached hydrogens (tertiary/aromatic N) is 3. The van der Waals surface area contributed by atoms with Gasteiger partial charge in [-0.05, 0) is 69.8 Å². The number of aromatic nitrogens is 3. The number of furan rings is 1. The zero-order chi connectivity index (χ0) is 32.6. The molecule has 0 amide bonds. The molecule has 0 atom stereocenters. The maximum Gasteiger partial charge on any atom is 0.164 e. The third-order valence-corrected chi connectivity index (χ3v) is 8.92. The number of hydrogen-bond donors (Lipinski definition) is 0. The lowest BCUT2D eigenvalue weighted by Crippen LogP contribution is -2.00. The molecule has 0 bridgehead atoms. The molecule has 2 heterocycles. The Morgan fingerprint density at radius 2 is 0.776 bits per heavy atom. The normalized spacial score (nSPS) is 11.3. The van der Waals surface area contributed by atoms with Crippen molar-refractivity contribution in [1.29, 1.82) is 0 Å². The predicted molar refractivity (Wildman–Crippen MR) is 200 cm³/mol. The Labute approximate surface area is 284 Å². The molecule has 0 unspecified atom stereocenters. The molecule has 2 aromatic heterocycles. The minimum atomic E-state index is 0.601. The summed E-state index contributed by atoms with van der Waals surface area (Å²) in [5.41, 5.74) is 11.3. The van der Waals surface area contributed by atoms with E-state index in [2.05, 4.69) is 103 Å². The Kier molecular flexibility index (Phi) is 7.10. The van der Waals surface area contributed by atoms with Crippen molar-refractivity contribution < 1.29 is 4.42 Å². The monoisotopic (exact) mass is 627 g/mol. The molecule has 9 rings (SSSR count). The van der Waals surface area contributed by atoms with E-state index in [-0.39, 0.29) is 0 Å². The average Bonchev–Trinajstić information content (AvgIpc) is 3.57. The first-order valence-electron chi connectivity index (χ1n) is 16.4. The van der Waals surface area contributed by atoms with E-state index in [9.17, 15) is 0 Å². The van der Waals surface area contributed by atoms with E-state index in [1.165, 1.54) is 22.3 Å². The van der Waals surface area contributed by atoms with Crippen molar-refractivity contribution in [2.75, 3.05) is 0 Å². The second-order valence-electron chi connectivity index (χ2n) is 12.1. The fourth-order valence-electron chi connectivity index (χ4n) is 6.51. The summed E-state index contributed by atoms with van der Waals surface area (Å²) in [6, 6.07) is 60.6. The van der Waals surface area contributed by atoms with Gasteiger partial charge in [-0.3, -0.25) is 0 Å². The van der Waals surface area contributed by atoms with Crippen LogP contribution >= 0.6 is 0 Å². The third kappa shape index (κ3) is 5.45. The second-order valence-corrected chi connectivity index (χ2v) is 12.1. The van der Waals surface area contributed by atoms with E-state index in [1.54, 1.807) is 0 Å². The average molecular weight is 628 g/mol. The van der Waals surface area contributed by atoms with E-state index >= 15 is 0 Å². The maximum absolute atomic E-state index is 6.45. The van der Waals surface area contributed by atoms with Gasteiger partial charge in [0.25, 0.3) is 0 Å². The first-order valence-corrected chi connectivity index (χ1v) is 16.4. The molecule has 0 saturated carbocycles. The van der Waals surface area contributed by atoms with Crippen molar-refractivity contribution in [2.45, 2.75) is 0 Å². The van der Waals surface area contributed by atoms with Gasteiger partial charge in [0.05, 0.1) is 0 Å². The van der Waals surface area contributed by atoms with E-state index in [4.69, 9.17) is 19.4 Å². The summed E-state index contributed by atoms with van der Waals surface area (Å²) in [5.74, 6) is 1.85. The standard InChI is InChI=1S/C45H29N3O/c1-5-14-30(15-6-1)35-26-36(31-16-7-2-8-17-31)28-37(27-35)34-24-25-40-39(29-34)42-38(22-13-23-41(42)49-40)45-47-43(32-18-9-3-10-19-32)46-44(48-45)33-20-11-4-12-21-33/h1-29H. The lowest BCUT2D eigenvalue weighted by Gasteiger charge is -2.12. The highest BCUT2D eigenvalue weighted by Crippen LogP contribution is 2.40. The van der Waals surface area contributed by atoms with Crippen molar-refractivity contribution in [3.63, 3.8) is 0 Å². The molecule has 0 spiro atoms. The van der Waals surface area contributed by atoms with Gasteiger partial charge < -0.3 is 4.42 Å². The van der Waals surface area contributed by atoms with Gasteiger partial charge >= 0.3 is 0 Å². The minimum absolute atomic E-state index is 0.601. The van der Waals surface area contributed by atoms with Gasteiger partial charge in [0.15, 0.2) is 17.5 Å². The highest BCUT2D eigenvalue weighted by molar-refractivity contribution is 6.12. The zero-order valence-corrected chi connectivity index (χ0v) is 26.5. The number of benzene rings is 7. The van der Waals surface area contributed by atoms with Crippen molar-refractivity contribution >= 4 is 21.9 Å². The molecule has 0 N–H and O–H groups in total. The first kappa shape index (κ1) is 28.6. The Morgan fingerprint density at radius 1 is 0.306 bits per heavy atom. The van der Waals surface area contributed by atoms with Crippen LogP contribution in [-0.2, 0) is 0 Å². The maximum atomic E-state index is 6.45. The molecule has 0 radical (unpaired) electrons. The highest BCUT2D eigenvalue weighted by atomic mass is 16.3. The Hall–Kier alpha value is -6.65. The van der Waals surface area contributed by atoms with Gasteiger partial charge in [-0.15, -0.1) is 0 Å². The van der Waals surface area contributed by atoms with Crippen LogP contribution in [0.5, 0.6) is 0 Å². The van der Waals surface area contributed by atoms with E-state index in [0.29, 0.717) is 17.5 Å². The van der Waals surface area contributed by atoms with Gasteiger partial charge in [0.1, 0.15) is 11.2 Å². The summed E-state index contributed by atoms with van der Waals surface area (Å²) >= 11 is 0. The van der Waals surface area contributed by atoms with Gasteiger partial charge in [-0.1, -0.05) is 140 Å². The molecular weight excluding hydrogens is 599 g/mol. The van der Waals surface area contributed by atoms with Crippen LogP contribution in [0.25, 0.3) is 89.5 Å². The summed E-state index contributed by atoms with van der Waals surface area (Å²) in [6.45, 7) is 0. The molecule has 0 saturated heterocycles. The molecule has 0 aliphatic rings. The first-order chi connectivity index (χ1) is 24.3. The fraction of sp³-hybridized carbons (Fsp3) is 0. The van der Waals surface area contributed by atoms with E-state index in [1.807, 2.05) is 72.8 Å². The van der Waals surface area contributed by atoms with Crippen LogP contribution in [0.3, 0.4) is 0 Å². The Bertz CT molecular complexity index is 2460. The zero-order valence-electron chi connectivity index (χ0n) is 26.5. The van der Waals surface area contributed by atoms with Crippen LogP contribution in [0, 0.1) is 0 Å². The van der Waals surface area contributed by atoms with Crippen LogP contribution in [-0.4, -0.2) is 15.0 Å². The minimum Gasteiger partial charge on any atom is -0.456 e. The molecule has 0 aliphatic heterocycles. The van der Waals surface area contributed by atoms with Crippen LogP contribution in [0.15, 0.2) is 180 Å². The highest BCUT2D eigenvalue weighted by Gasteiger charge is 2.18. The molecular formula is C45H29N3O. The van der Waals surface area contributed by atoms with E-state index < -0.39 is 0 Å². The SMILES string of the molecule is c1ccc(-c2cc(-c3ccccc3)cc(-c3ccc4oc5cccc(-c6nc(-c7ccccc7)nc(-c7ccccc7)n6)c5c4c3)c2)cc1. The summed E-state index contributed by atoms with van der Waals surface area (Å²) in [5, 5.41) is 1.99. The van der Waals surface area contributed by atoms with Crippen LogP contribution in [0.4, 0.5) is 0 Å². The molecule has 0 fully saturated rings. The van der Waals surface area contributed by atoms with Gasteiger partial charge in [-0.2, -0.15) is 0 Å². The lowest BCUT2D eigenvalue weighted by molar-refractivity contribution is 0.669. The van der Waals surface area contributed by atoms with Crippen LogP contribution in [0.1, 0.15) is 0 Å². The predicted octanol–water partition coefficient (Wildman–Crippen LogP) is 11.8. The summed E-state index contributed by atoms with van der Waals surface area (Å²) in [6.07, 6.45) is 0. The molecule has 4 nitrogen and oxygen atoms in total. The smallest absolute Gasteiger partial charge is 0.164 e. The van der Waals surface area contributed by atoms with Crippen LogP contribution in [0.2, 0.25) is 0 Å². The molecule has 4 heteroatoms. The van der Waals surface area contributed by atoms with Gasteiger partial charge in [0.2, 0.25) is 0 Å². The molecule has 7 aromatic carbocycles. The topological polar surface area (TPSA) is 51.8 Å². The van der Waals surface area contributed by atoms with Crippen LogP contribution < -0.4 is 0 Å². The molecule has 230 valence electrons. The lowest BCUT2D eigenvalue weighted by atomic mass is 9.92. The fourth-order valence-corrected chi connectivity index (χ4v) is 6.51. The summed E-state index contributed by atoms with van der Waals surface area (Å²) in [4.78, 5) is 15.0. The Morgan fingerprint density at radius 3 is 1.31 bits per heavy atom. The number of hydrogen-bond acceptors (Lipinski definition) is 4. The Balaban J connectivity index is 1.25. The molecule has 9 aromatic rings. The van der Waals surface area contributed by atoms with Gasteiger partial charge in [0, 0.05) is 27.5 Å². The third-order valence-electron chi connectivity index (χ3n) is 8.92.